The average Bonchev–Trinajstić information content (AvgIpc) is 3.16. The van der Waals surface area contributed by atoms with Crippen LogP contribution in [0, 0.1) is 6.92 Å². The molecular weight excluding hydrogens is 264 g/mol. The minimum Gasteiger partial charge on any atom is -0.467 e. The Labute approximate surface area is 124 Å². The van der Waals surface area contributed by atoms with Gasteiger partial charge in [0.15, 0.2) is 0 Å². The number of carbonyl (C=O) groups is 1. The molecule has 0 aliphatic carbocycles. The first-order valence-electron chi connectivity index (χ1n) is 7.37. The number of amides is 2. The number of rotatable bonds is 3. The second kappa shape index (κ2) is 6.04. The van der Waals surface area contributed by atoms with E-state index in [9.17, 15) is 4.79 Å². The topological polar surface area (TPSA) is 45.5 Å². The Bertz CT molecular complexity index is 590. The molecule has 3 rings (SSSR count). The molecule has 1 aliphatic rings. The maximum absolute atomic E-state index is 12.4. The summed E-state index contributed by atoms with van der Waals surface area (Å²) < 4.78 is 5.45. The molecule has 1 N–H and O–H groups in total. The largest absolute Gasteiger partial charge is 0.467 e. The molecule has 0 radical (unpaired) electrons. The molecule has 4 heteroatoms. The number of carbonyl (C=O) groups excluding carboxylic acids is 1. The number of hydrogen-bond donors (Lipinski definition) is 1. The zero-order valence-corrected chi connectivity index (χ0v) is 12.2. The number of nitrogens with zero attached hydrogens (tertiary/aromatic N) is 1. The summed E-state index contributed by atoms with van der Waals surface area (Å²) in [5.74, 6) is 0.873. The van der Waals surface area contributed by atoms with Gasteiger partial charge in [0, 0.05) is 13.1 Å². The van der Waals surface area contributed by atoms with E-state index < -0.39 is 0 Å². The van der Waals surface area contributed by atoms with Crippen LogP contribution in [0.1, 0.15) is 35.8 Å². The molecule has 4 nitrogen and oxygen atoms in total. The van der Waals surface area contributed by atoms with Gasteiger partial charge in [-0.2, -0.15) is 0 Å². The third-order valence-corrected chi connectivity index (χ3v) is 3.95. The summed E-state index contributed by atoms with van der Waals surface area (Å²) >= 11 is 0. The predicted octanol–water partition coefficient (Wildman–Crippen LogP) is 3.63. The van der Waals surface area contributed by atoms with Crippen LogP contribution in [-0.2, 0) is 6.54 Å². The van der Waals surface area contributed by atoms with Gasteiger partial charge in [0.05, 0.1) is 12.3 Å². The van der Waals surface area contributed by atoms with E-state index in [1.165, 1.54) is 5.56 Å². The number of hydrogen-bond acceptors (Lipinski definition) is 2. The molecular formula is C17H20N2O2. The van der Waals surface area contributed by atoms with Crippen molar-refractivity contribution in [3.63, 3.8) is 0 Å². The molecule has 1 unspecified atom stereocenters. The highest BCUT2D eigenvalue weighted by Crippen LogP contribution is 2.31. The number of aryl methyl sites for hydroxylation is 1. The smallest absolute Gasteiger partial charge is 0.318 e. The van der Waals surface area contributed by atoms with Crippen LogP contribution in [-0.4, -0.2) is 17.5 Å². The second-order valence-electron chi connectivity index (χ2n) is 5.51. The molecule has 1 aromatic heterocycles. The molecule has 110 valence electrons. The van der Waals surface area contributed by atoms with E-state index in [4.69, 9.17) is 4.42 Å². The third kappa shape index (κ3) is 3.10. The minimum atomic E-state index is -0.0190. The number of nitrogens with one attached hydrogen (secondary N) is 1. The normalized spacial score (nSPS) is 18.0. The van der Waals surface area contributed by atoms with Crippen LogP contribution >= 0.6 is 0 Å². The Hall–Kier alpha value is -2.23. The molecule has 1 fully saturated rings. The molecule has 1 atom stereocenters. The second-order valence-corrected chi connectivity index (χ2v) is 5.51. The van der Waals surface area contributed by atoms with Gasteiger partial charge in [0.25, 0.3) is 0 Å². The van der Waals surface area contributed by atoms with Crippen LogP contribution in [0.5, 0.6) is 0 Å². The summed E-state index contributed by atoms with van der Waals surface area (Å²) in [5, 5.41) is 3.00. The molecule has 2 amide bonds. The highest BCUT2D eigenvalue weighted by atomic mass is 16.3. The van der Waals surface area contributed by atoms with E-state index in [1.807, 2.05) is 29.2 Å². The van der Waals surface area contributed by atoms with E-state index in [2.05, 4.69) is 24.4 Å². The monoisotopic (exact) mass is 284 g/mol. The highest BCUT2D eigenvalue weighted by molar-refractivity contribution is 5.75. The van der Waals surface area contributed by atoms with Gasteiger partial charge in [0.1, 0.15) is 5.76 Å². The Morgan fingerprint density at radius 2 is 2.14 bits per heavy atom. The fraction of sp³-hybridized carbons (Fsp3) is 0.353. The van der Waals surface area contributed by atoms with Crippen molar-refractivity contribution in [1.29, 1.82) is 0 Å². The number of benzene rings is 1. The van der Waals surface area contributed by atoms with E-state index in [0.29, 0.717) is 6.54 Å². The first kappa shape index (κ1) is 13.7. The fourth-order valence-electron chi connectivity index (χ4n) is 2.77. The zero-order valence-electron chi connectivity index (χ0n) is 12.2. The summed E-state index contributed by atoms with van der Waals surface area (Å²) in [6.45, 7) is 3.39. The molecule has 0 spiro atoms. The quantitative estimate of drug-likeness (QED) is 0.935. The van der Waals surface area contributed by atoms with Crippen molar-refractivity contribution in [2.45, 2.75) is 32.4 Å². The Balaban J connectivity index is 1.61. The summed E-state index contributed by atoms with van der Waals surface area (Å²) in [6.07, 6.45) is 3.64. The van der Waals surface area contributed by atoms with E-state index in [-0.39, 0.29) is 12.1 Å². The lowest BCUT2D eigenvalue weighted by Gasteiger charge is -2.23. The average molecular weight is 284 g/mol. The summed E-state index contributed by atoms with van der Waals surface area (Å²) in [5.41, 5.74) is 2.34. The van der Waals surface area contributed by atoms with Crippen molar-refractivity contribution >= 4 is 6.03 Å². The van der Waals surface area contributed by atoms with Crippen LogP contribution in [0.25, 0.3) is 0 Å². The van der Waals surface area contributed by atoms with Crippen molar-refractivity contribution in [3.8, 4) is 0 Å². The molecule has 2 aromatic rings. The Morgan fingerprint density at radius 1 is 1.33 bits per heavy atom. The van der Waals surface area contributed by atoms with Gasteiger partial charge in [-0.25, -0.2) is 4.79 Å². The molecule has 21 heavy (non-hydrogen) atoms. The SMILES string of the molecule is Cc1ccc(CNC(=O)N2CCCC2c2ccco2)cc1. The molecule has 1 aliphatic heterocycles. The van der Waals surface area contributed by atoms with Gasteiger partial charge >= 0.3 is 6.03 Å². The van der Waals surface area contributed by atoms with Crippen LogP contribution in [0.2, 0.25) is 0 Å². The van der Waals surface area contributed by atoms with Gasteiger partial charge in [-0.3, -0.25) is 0 Å². The minimum absolute atomic E-state index is 0.0190. The van der Waals surface area contributed by atoms with Crippen LogP contribution < -0.4 is 5.32 Å². The lowest BCUT2D eigenvalue weighted by Crippen LogP contribution is -2.39. The summed E-state index contributed by atoms with van der Waals surface area (Å²) in [4.78, 5) is 14.2. The standard InChI is InChI=1S/C17H20N2O2/c1-13-6-8-14(9-7-13)12-18-17(20)19-10-2-4-15(19)16-5-3-11-21-16/h3,5-9,11,15H,2,4,10,12H2,1H3,(H,18,20). The Kier molecular flexibility index (Phi) is 3.95. The van der Waals surface area contributed by atoms with Crippen molar-refractivity contribution in [3.05, 3.63) is 59.5 Å². The first-order chi connectivity index (χ1) is 10.2. The molecule has 0 bridgehead atoms. The first-order valence-corrected chi connectivity index (χ1v) is 7.37. The third-order valence-electron chi connectivity index (χ3n) is 3.95. The maximum Gasteiger partial charge on any atom is 0.318 e. The van der Waals surface area contributed by atoms with Gasteiger partial charge in [-0.1, -0.05) is 29.8 Å². The zero-order chi connectivity index (χ0) is 14.7. The number of likely N-dealkylation sites (tertiary alicyclic amines) is 1. The number of furan rings is 1. The van der Waals surface area contributed by atoms with Crippen molar-refractivity contribution in [1.82, 2.24) is 10.2 Å². The van der Waals surface area contributed by atoms with Crippen molar-refractivity contribution in [2.24, 2.45) is 0 Å². The van der Waals surface area contributed by atoms with E-state index >= 15 is 0 Å². The molecule has 1 saturated heterocycles. The lowest BCUT2D eigenvalue weighted by molar-refractivity contribution is 0.186. The summed E-state index contributed by atoms with van der Waals surface area (Å²) in [6, 6.07) is 12.1. The highest BCUT2D eigenvalue weighted by Gasteiger charge is 2.31. The van der Waals surface area contributed by atoms with Gasteiger partial charge < -0.3 is 14.6 Å². The molecule has 1 aromatic carbocycles. The maximum atomic E-state index is 12.4. The van der Waals surface area contributed by atoms with Crippen LogP contribution in [0.4, 0.5) is 4.79 Å². The molecule has 2 heterocycles. The summed E-state index contributed by atoms with van der Waals surface area (Å²) in [7, 11) is 0. The lowest BCUT2D eigenvalue weighted by atomic mass is 10.1. The van der Waals surface area contributed by atoms with Gasteiger partial charge in [-0.05, 0) is 37.5 Å². The van der Waals surface area contributed by atoms with Crippen LogP contribution in [0.15, 0.2) is 47.1 Å². The van der Waals surface area contributed by atoms with Crippen molar-refractivity contribution < 1.29 is 9.21 Å². The van der Waals surface area contributed by atoms with E-state index in [0.717, 1.165) is 30.7 Å². The van der Waals surface area contributed by atoms with E-state index in [1.54, 1.807) is 6.26 Å². The van der Waals surface area contributed by atoms with Gasteiger partial charge in [-0.15, -0.1) is 0 Å². The fourth-order valence-corrected chi connectivity index (χ4v) is 2.77. The molecule has 0 saturated carbocycles. The van der Waals surface area contributed by atoms with Crippen molar-refractivity contribution in [2.75, 3.05) is 6.54 Å². The number of urea groups is 1. The Morgan fingerprint density at radius 3 is 2.86 bits per heavy atom. The van der Waals surface area contributed by atoms with Crippen LogP contribution in [0.3, 0.4) is 0 Å². The predicted molar refractivity (Wildman–Crippen MR) is 80.8 cm³/mol. The van der Waals surface area contributed by atoms with Gasteiger partial charge in [0.2, 0.25) is 0 Å².